The monoisotopic (exact) mass is 296 g/mol. The van der Waals surface area contributed by atoms with Gasteiger partial charge in [0.2, 0.25) is 0 Å². The number of nitrogens with one attached hydrogen (secondary N) is 2. The average Bonchev–Trinajstić information content (AvgIpc) is 2.40. The van der Waals surface area contributed by atoms with Gasteiger partial charge in [-0.1, -0.05) is 6.07 Å². The van der Waals surface area contributed by atoms with Crippen LogP contribution < -0.4 is 10.6 Å². The van der Waals surface area contributed by atoms with Gasteiger partial charge in [0.25, 0.3) is 0 Å². The summed E-state index contributed by atoms with van der Waals surface area (Å²) in [4.78, 5) is 22.6. The third kappa shape index (κ3) is 5.52. The molecule has 0 atom stereocenters. The summed E-state index contributed by atoms with van der Waals surface area (Å²) in [7, 11) is 0. The average molecular weight is 296 g/mol. The molecule has 0 spiro atoms. The van der Waals surface area contributed by atoms with Gasteiger partial charge in [-0.25, -0.2) is 9.59 Å². The molecule has 2 amide bonds. The highest BCUT2D eigenvalue weighted by molar-refractivity contribution is 7.98. The highest BCUT2D eigenvalue weighted by Crippen LogP contribution is 2.15. The standard InChI is InChI=1S/C14H20N2O3S/c1-10-5-6-11(9-12(10)13(17)18)16-14(19)15-7-3-4-8-20-2/h5-6,9H,3-4,7-8H2,1-2H3,(H,17,18)(H2,15,16,19). The van der Waals surface area contributed by atoms with Crippen molar-refractivity contribution in [3.63, 3.8) is 0 Å². The number of anilines is 1. The van der Waals surface area contributed by atoms with Gasteiger partial charge in [0.1, 0.15) is 0 Å². The third-order valence-electron chi connectivity index (χ3n) is 2.79. The maximum absolute atomic E-state index is 11.6. The molecule has 0 saturated carbocycles. The van der Waals surface area contributed by atoms with Gasteiger partial charge in [0, 0.05) is 12.2 Å². The molecule has 1 aromatic carbocycles. The van der Waals surface area contributed by atoms with Gasteiger partial charge in [-0.3, -0.25) is 0 Å². The smallest absolute Gasteiger partial charge is 0.336 e. The second-order valence-electron chi connectivity index (χ2n) is 4.42. The molecule has 1 aromatic rings. The molecule has 5 nitrogen and oxygen atoms in total. The molecule has 0 unspecified atom stereocenters. The van der Waals surface area contributed by atoms with E-state index in [9.17, 15) is 9.59 Å². The number of hydrogen-bond acceptors (Lipinski definition) is 3. The van der Waals surface area contributed by atoms with Gasteiger partial charge in [-0.05, 0) is 49.5 Å². The Hall–Kier alpha value is -1.69. The SMILES string of the molecule is CSCCCCNC(=O)Nc1ccc(C)c(C(=O)O)c1. The van der Waals surface area contributed by atoms with E-state index in [1.165, 1.54) is 6.07 Å². The summed E-state index contributed by atoms with van der Waals surface area (Å²) in [6, 6.07) is 4.52. The zero-order valence-corrected chi connectivity index (χ0v) is 12.5. The zero-order valence-electron chi connectivity index (χ0n) is 11.7. The van der Waals surface area contributed by atoms with Crippen molar-refractivity contribution in [2.45, 2.75) is 19.8 Å². The van der Waals surface area contributed by atoms with E-state index < -0.39 is 5.97 Å². The maximum atomic E-state index is 11.6. The number of thioether (sulfide) groups is 1. The second kappa shape index (κ2) is 8.47. The number of carboxylic acid groups (broad SMARTS) is 1. The summed E-state index contributed by atoms with van der Waals surface area (Å²) in [6.07, 6.45) is 4.05. The fraction of sp³-hybridized carbons (Fsp3) is 0.429. The number of urea groups is 1. The van der Waals surface area contributed by atoms with E-state index in [0.29, 0.717) is 17.8 Å². The molecule has 0 aromatic heterocycles. The fourth-order valence-electron chi connectivity index (χ4n) is 1.68. The van der Waals surface area contributed by atoms with Crippen LogP contribution in [0.25, 0.3) is 0 Å². The molecule has 0 radical (unpaired) electrons. The molecule has 0 saturated heterocycles. The number of carboxylic acids is 1. The number of rotatable bonds is 7. The first-order valence-corrected chi connectivity index (χ1v) is 7.81. The van der Waals surface area contributed by atoms with Crippen LogP contribution in [0.2, 0.25) is 0 Å². The normalized spacial score (nSPS) is 10.1. The molecule has 20 heavy (non-hydrogen) atoms. The Labute approximate surface area is 123 Å². The highest BCUT2D eigenvalue weighted by atomic mass is 32.2. The quantitative estimate of drug-likeness (QED) is 0.676. The summed E-state index contributed by atoms with van der Waals surface area (Å²) < 4.78 is 0. The molecular formula is C14H20N2O3S. The lowest BCUT2D eigenvalue weighted by atomic mass is 10.1. The first-order chi connectivity index (χ1) is 9.54. The van der Waals surface area contributed by atoms with Crippen molar-refractivity contribution in [3.05, 3.63) is 29.3 Å². The lowest BCUT2D eigenvalue weighted by Gasteiger charge is -2.09. The van der Waals surface area contributed by atoms with E-state index in [4.69, 9.17) is 5.11 Å². The van der Waals surface area contributed by atoms with Crippen molar-refractivity contribution in [1.82, 2.24) is 5.32 Å². The number of unbranched alkanes of at least 4 members (excludes halogenated alkanes) is 1. The van der Waals surface area contributed by atoms with Crippen LogP contribution in [-0.4, -0.2) is 35.7 Å². The van der Waals surface area contributed by atoms with Crippen LogP contribution in [0.5, 0.6) is 0 Å². The van der Waals surface area contributed by atoms with Crippen molar-refractivity contribution in [2.24, 2.45) is 0 Å². The van der Waals surface area contributed by atoms with Crippen LogP contribution in [0.1, 0.15) is 28.8 Å². The topological polar surface area (TPSA) is 78.4 Å². The summed E-state index contributed by atoms with van der Waals surface area (Å²) in [5.74, 6) is 0.0899. The first-order valence-electron chi connectivity index (χ1n) is 6.42. The van der Waals surface area contributed by atoms with Gasteiger partial charge in [-0.2, -0.15) is 11.8 Å². The van der Waals surface area contributed by atoms with E-state index >= 15 is 0 Å². The van der Waals surface area contributed by atoms with E-state index in [1.807, 2.05) is 0 Å². The molecular weight excluding hydrogens is 276 g/mol. The van der Waals surface area contributed by atoms with Crippen molar-refractivity contribution < 1.29 is 14.7 Å². The van der Waals surface area contributed by atoms with Crippen LogP contribution in [0, 0.1) is 6.92 Å². The lowest BCUT2D eigenvalue weighted by molar-refractivity contribution is 0.0696. The molecule has 110 valence electrons. The Morgan fingerprint density at radius 2 is 2.05 bits per heavy atom. The van der Waals surface area contributed by atoms with E-state index in [-0.39, 0.29) is 11.6 Å². The van der Waals surface area contributed by atoms with Gasteiger partial charge in [-0.15, -0.1) is 0 Å². The van der Waals surface area contributed by atoms with Gasteiger partial charge < -0.3 is 15.7 Å². The molecule has 1 rings (SSSR count). The van der Waals surface area contributed by atoms with Crippen LogP contribution in [0.4, 0.5) is 10.5 Å². The largest absolute Gasteiger partial charge is 0.478 e. The van der Waals surface area contributed by atoms with E-state index in [1.54, 1.807) is 30.8 Å². The van der Waals surface area contributed by atoms with Crippen LogP contribution in [0.15, 0.2) is 18.2 Å². The molecule has 0 aliphatic carbocycles. The minimum absolute atomic E-state index is 0.197. The molecule has 0 bridgehead atoms. The lowest BCUT2D eigenvalue weighted by Crippen LogP contribution is -2.29. The summed E-state index contributed by atoms with van der Waals surface area (Å²) in [5, 5.41) is 14.4. The summed E-state index contributed by atoms with van der Waals surface area (Å²) in [6.45, 7) is 2.34. The van der Waals surface area contributed by atoms with Crippen LogP contribution in [0.3, 0.4) is 0 Å². The number of amides is 2. The van der Waals surface area contributed by atoms with Crippen molar-refractivity contribution >= 4 is 29.4 Å². The number of hydrogen-bond donors (Lipinski definition) is 3. The van der Waals surface area contributed by atoms with Crippen molar-refractivity contribution in [2.75, 3.05) is 23.9 Å². The second-order valence-corrected chi connectivity index (χ2v) is 5.40. The molecule has 0 fully saturated rings. The Kier molecular flexibility index (Phi) is 6.93. The van der Waals surface area contributed by atoms with Crippen molar-refractivity contribution in [3.8, 4) is 0 Å². The van der Waals surface area contributed by atoms with Gasteiger partial charge >= 0.3 is 12.0 Å². The number of carbonyl (C=O) groups is 2. The predicted molar refractivity (Wildman–Crippen MR) is 82.8 cm³/mol. The summed E-state index contributed by atoms with van der Waals surface area (Å²) >= 11 is 1.78. The zero-order chi connectivity index (χ0) is 15.0. The molecule has 6 heteroatoms. The van der Waals surface area contributed by atoms with Gasteiger partial charge in [0.15, 0.2) is 0 Å². The Morgan fingerprint density at radius 1 is 1.30 bits per heavy atom. The Morgan fingerprint density at radius 3 is 2.70 bits per heavy atom. The minimum Gasteiger partial charge on any atom is -0.478 e. The molecule has 0 aliphatic rings. The number of benzene rings is 1. The van der Waals surface area contributed by atoms with Crippen LogP contribution in [-0.2, 0) is 0 Å². The molecule has 0 aliphatic heterocycles. The predicted octanol–water partition coefficient (Wildman–Crippen LogP) is 2.96. The number of carbonyl (C=O) groups excluding carboxylic acids is 1. The third-order valence-corrected chi connectivity index (χ3v) is 3.48. The molecule has 3 N–H and O–H groups in total. The maximum Gasteiger partial charge on any atom is 0.336 e. The van der Waals surface area contributed by atoms with E-state index in [0.717, 1.165) is 18.6 Å². The molecule has 0 heterocycles. The Bertz CT molecular complexity index is 477. The van der Waals surface area contributed by atoms with Gasteiger partial charge in [0.05, 0.1) is 5.56 Å². The Balaban J connectivity index is 2.46. The minimum atomic E-state index is -0.997. The number of aromatic carboxylic acids is 1. The first kappa shape index (κ1) is 16.4. The number of aryl methyl sites for hydroxylation is 1. The summed E-state index contributed by atoms with van der Waals surface area (Å²) in [5.41, 5.74) is 1.35. The fourth-order valence-corrected chi connectivity index (χ4v) is 2.17. The highest BCUT2D eigenvalue weighted by Gasteiger charge is 2.09. The van der Waals surface area contributed by atoms with Crippen LogP contribution >= 0.6 is 11.8 Å². The van der Waals surface area contributed by atoms with Crippen molar-refractivity contribution in [1.29, 1.82) is 0 Å². The van der Waals surface area contributed by atoms with E-state index in [2.05, 4.69) is 16.9 Å².